The second-order valence-corrected chi connectivity index (χ2v) is 19.7. The summed E-state index contributed by atoms with van der Waals surface area (Å²) >= 11 is 3.79. The van der Waals surface area contributed by atoms with Gasteiger partial charge in [0.25, 0.3) is 0 Å². The highest BCUT2D eigenvalue weighted by Crippen LogP contribution is 2.46. The molecule has 320 valence electrons. The summed E-state index contributed by atoms with van der Waals surface area (Å²) in [5.41, 5.74) is 10.1. The van der Waals surface area contributed by atoms with Gasteiger partial charge >= 0.3 is 0 Å². The number of thiophene rings is 2. The first kappa shape index (κ1) is 40.2. The van der Waals surface area contributed by atoms with Crippen LogP contribution in [0.4, 0.5) is 11.4 Å². The van der Waals surface area contributed by atoms with Crippen molar-refractivity contribution in [1.82, 2.24) is 0 Å². The average Bonchev–Trinajstić information content (AvgIpc) is 3.99. The maximum Gasteiger partial charge on any atom is 0.0592 e. The number of nitrogens with zero attached hydrogens (tertiary/aromatic N) is 1. The third kappa shape index (κ3) is 6.82. The van der Waals surface area contributed by atoms with Crippen LogP contribution in [0.5, 0.6) is 0 Å². The fourth-order valence-corrected chi connectivity index (χ4v) is 12.9. The molecule has 0 atom stereocenters. The monoisotopic (exact) mass is 901 g/mol. The molecule has 14 rings (SSSR count). The number of fused-ring (bicyclic) bond motifs is 12. The highest BCUT2D eigenvalue weighted by molar-refractivity contribution is 7.27. The molecule has 0 unspecified atom stereocenters. The highest BCUT2D eigenvalue weighted by Gasteiger charge is 2.17. The number of hydrogen-bond donors (Lipinski definition) is 0. The second kappa shape index (κ2) is 16.7. The van der Waals surface area contributed by atoms with E-state index >= 15 is 0 Å². The van der Waals surface area contributed by atoms with E-state index in [1.807, 2.05) is 22.7 Å². The maximum atomic E-state index is 2.36. The number of anilines is 2. The van der Waals surface area contributed by atoms with Gasteiger partial charge in [-0.3, -0.25) is 0 Å². The molecule has 14 aromatic rings. The Kier molecular flexibility index (Phi) is 9.85. The summed E-state index contributed by atoms with van der Waals surface area (Å²) in [4.78, 5) is 2.32. The molecule has 0 saturated heterocycles. The first-order valence-electron chi connectivity index (χ1n) is 23.2. The predicted molar refractivity (Wildman–Crippen MR) is 299 cm³/mol. The van der Waals surface area contributed by atoms with Gasteiger partial charge in [-0.25, -0.2) is 0 Å². The fraction of sp³-hybridized carbons (Fsp3) is 0.0154. The van der Waals surface area contributed by atoms with Crippen LogP contribution in [-0.2, 0) is 0 Å². The lowest BCUT2D eigenvalue weighted by Gasteiger charge is -2.21. The highest BCUT2D eigenvalue weighted by atomic mass is 32.1. The number of benzene rings is 12. The summed E-state index contributed by atoms with van der Waals surface area (Å²) in [6.07, 6.45) is 0. The molecule has 0 saturated carbocycles. The van der Waals surface area contributed by atoms with Gasteiger partial charge in [0, 0.05) is 53.9 Å². The minimum Gasteiger partial charge on any atom is -0.343 e. The van der Waals surface area contributed by atoms with E-state index in [2.05, 4.69) is 255 Å². The Balaban J connectivity index is 0.000000140. The lowest BCUT2D eigenvalue weighted by molar-refractivity contribution is 1.23. The first-order valence-corrected chi connectivity index (χ1v) is 24.8. The van der Waals surface area contributed by atoms with Crippen LogP contribution in [0.1, 0.15) is 0 Å². The summed E-state index contributed by atoms with van der Waals surface area (Å²) < 4.78 is 5.38. The van der Waals surface area contributed by atoms with Crippen molar-refractivity contribution < 1.29 is 0 Å². The van der Waals surface area contributed by atoms with Gasteiger partial charge in [0.2, 0.25) is 0 Å². The van der Waals surface area contributed by atoms with Gasteiger partial charge in [0.1, 0.15) is 0 Å². The van der Waals surface area contributed by atoms with E-state index in [0.717, 1.165) is 0 Å². The lowest BCUT2D eigenvalue weighted by atomic mass is 9.93. The van der Waals surface area contributed by atoms with Gasteiger partial charge in [0.15, 0.2) is 0 Å². The molecule has 0 amide bonds. The molecule has 0 radical (unpaired) electrons. The Morgan fingerprint density at radius 1 is 0.309 bits per heavy atom. The van der Waals surface area contributed by atoms with E-state index in [1.54, 1.807) is 0 Å². The molecule has 0 aliphatic rings. The number of hydrogen-bond acceptors (Lipinski definition) is 3. The summed E-state index contributed by atoms with van der Waals surface area (Å²) in [5, 5.41) is 15.8. The van der Waals surface area contributed by atoms with Gasteiger partial charge in [-0.1, -0.05) is 194 Å². The normalized spacial score (nSPS) is 11.6. The van der Waals surface area contributed by atoms with Gasteiger partial charge in [-0.05, 0) is 119 Å². The SMILES string of the molecule is CN(c1ccc(-c2cc3ccccc3c3ccccc23)cc1)c1cccc2c1sc1ccc3ccccc3c12.c1ccc(-c2cccc(-c3c4ccccc4cc4c3sc3ccccc34)c2)cc1. The van der Waals surface area contributed by atoms with Gasteiger partial charge in [-0.2, -0.15) is 0 Å². The van der Waals surface area contributed by atoms with E-state index in [1.165, 1.54) is 128 Å². The zero-order valence-electron chi connectivity index (χ0n) is 37.4. The summed E-state index contributed by atoms with van der Waals surface area (Å²) in [6.45, 7) is 0. The van der Waals surface area contributed by atoms with Crippen LogP contribution < -0.4 is 4.90 Å². The van der Waals surface area contributed by atoms with E-state index < -0.39 is 0 Å². The molecule has 2 aromatic heterocycles. The van der Waals surface area contributed by atoms with Crippen LogP contribution in [0.3, 0.4) is 0 Å². The third-order valence-electron chi connectivity index (χ3n) is 13.7. The van der Waals surface area contributed by atoms with Crippen LogP contribution >= 0.6 is 22.7 Å². The van der Waals surface area contributed by atoms with Crippen molar-refractivity contribution in [1.29, 1.82) is 0 Å². The summed E-state index contributed by atoms with van der Waals surface area (Å²) in [6, 6.07) is 88.2. The Labute approximate surface area is 403 Å². The summed E-state index contributed by atoms with van der Waals surface area (Å²) in [5.74, 6) is 0. The molecule has 0 fully saturated rings. The minimum absolute atomic E-state index is 1.18. The smallest absolute Gasteiger partial charge is 0.0592 e. The Morgan fingerprint density at radius 2 is 0.897 bits per heavy atom. The number of rotatable bonds is 5. The standard InChI is InChI=1S/C37H25NS.C28H18S/c1-38(34-16-8-15-32-36-29-12-5-2-9-24(29)19-22-35(36)39-37(32)34)27-20-17-25(18-21-27)33-23-26-10-3-4-11-28(26)30-13-6-7-14-31(30)33;1-2-9-19(10-3-1)20-12-8-13-22(17-20)27-23-14-5-4-11-21(23)18-25-24-15-6-7-16-26(24)29-28(25)27/h2-23H,1H3;1-18H. The molecule has 12 aromatic carbocycles. The maximum absolute atomic E-state index is 2.36. The third-order valence-corrected chi connectivity index (χ3v) is 16.1. The topological polar surface area (TPSA) is 3.24 Å². The molecule has 0 aliphatic heterocycles. The molecule has 2 heterocycles. The van der Waals surface area contributed by atoms with Crippen LogP contribution in [-0.4, -0.2) is 7.05 Å². The van der Waals surface area contributed by atoms with Crippen LogP contribution in [0.25, 0.3) is 117 Å². The van der Waals surface area contributed by atoms with Crippen molar-refractivity contribution in [2.75, 3.05) is 11.9 Å². The van der Waals surface area contributed by atoms with Gasteiger partial charge in [-0.15, -0.1) is 22.7 Å². The molecule has 0 N–H and O–H groups in total. The average molecular weight is 902 g/mol. The molecular formula is C65H43NS2. The van der Waals surface area contributed by atoms with E-state index in [4.69, 9.17) is 0 Å². The fourth-order valence-electron chi connectivity index (χ4n) is 10.4. The molecule has 3 heteroatoms. The van der Waals surface area contributed by atoms with Crippen molar-refractivity contribution in [3.63, 3.8) is 0 Å². The van der Waals surface area contributed by atoms with E-state index in [0.29, 0.717) is 0 Å². The first-order chi connectivity index (χ1) is 33.6. The minimum atomic E-state index is 1.18. The second-order valence-electron chi connectivity index (χ2n) is 17.6. The van der Waals surface area contributed by atoms with Crippen molar-refractivity contribution >= 4 is 117 Å². The molecule has 0 bridgehead atoms. The van der Waals surface area contributed by atoms with Crippen molar-refractivity contribution in [3.8, 4) is 33.4 Å². The van der Waals surface area contributed by atoms with Crippen molar-refractivity contribution in [3.05, 3.63) is 243 Å². The zero-order valence-corrected chi connectivity index (χ0v) is 39.0. The van der Waals surface area contributed by atoms with Crippen LogP contribution in [0.15, 0.2) is 243 Å². The van der Waals surface area contributed by atoms with E-state index in [-0.39, 0.29) is 0 Å². The lowest BCUT2D eigenvalue weighted by Crippen LogP contribution is -2.09. The summed E-state index contributed by atoms with van der Waals surface area (Å²) in [7, 11) is 2.18. The largest absolute Gasteiger partial charge is 0.343 e. The Morgan fingerprint density at radius 3 is 1.71 bits per heavy atom. The predicted octanol–water partition coefficient (Wildman–Crippen LogP) is 19.5. The van der Waals surface area contributed by atoms with E-state index in [9.17, 15) is 0 Å². The van der Waals surface area contributed by atoms with Crippen molar-refractivity contribution in [2.24, 2.45) is 0 Å². The molecule has 1 nitrogen and oxygen atoms in total. The van der Waals surface area contributed by atoms with Crippen LogP contribution in [0.2, 0.25) is 0 Å². The quantitative estimate of drug-likeness (QED) is 0.156. The van der Waals surface area contributed by atoms with Crippen molar-refractivity contribution in [2.45, 2.75) is 0 Å². The Bertz CT molecular complexity index is 4220. The van der Waals surface area contributed by atoms with Crippen LogP contribution in [0, 0.1) is 0 Å². The molecule has 0 spiro atoms. The molecule has 0 aliphatic carbocycles. The van der Waals surface area contributed by atoms with Gasteiger partial charge < -0.3 is 4.90 Å². The van der Waals surface area contributed by atoms with Gasteiger partial charge in [0.05, 0.1) is 10.4 Å². The zero-order chi connectivity index (χ0) is 45.1. The Hall–Kier alpha value is -8.08. The molecule has 68 heavy (non-hydrogen) atoms. The molecular weight excluding hydrogens is 859 g/mol.